The van der Waals surface area contributed by atoms with Gasteiger partial charge >= 0.3 is 6.09 Å². The number of halogens is 2. The van der Waals surface area contributed by atoms with Crippen LogP contribution in [-0.4, -0.2) is 71.1 Å². The van der Waals surface area contributed by atoms with Crippen LogP contribution in [0.25, 0.3) is 5.57 Å². The molecule has 3 aliphatic rings. The van der Waals surface area contributed by atoms with E-state index in [1.165, 1.54) is 11.0 Å². The molecule has 2 aromatic carbocycles. The Morgan fingerprint density at radius 1 is 1.05 bits per heavy atom. The Kier molecular flexibility index (Phi) is 7.29. The number of hydrogen-bond acceptors (Lipinski definition) is 3. The smallest absolute Gasteiger partial charge is 0.407 e. The lowest BCUT2D eigenvalue weighted by molar-refractivity contribution is -0.137. The van der Waals surface area contributed by atoms with Crippen molar-refractivity contribution in [2.24, 2.45) is 11.8 Å². The van der Waals surface area contributed by atoms with Gasteiger partial charge in [-0.05, 0) is 81.1 Å². The van der Waals surface area contributed by atoms with Crippen LogP contribution in [0.2, 0.25) is 0 Å². The average Bonchev–Trinajstić information content (AvgIpc) is 3.64. The van der Waals surface area contributed by atoms with Crippen molar-refractivity contribution in [2.75, 3.05) is 33.2 Å². The van der Waals surface area contributed by atoms with E-state index >= 15 is 0 Å². The summed E-state index contributed by atoms with van der Waals surface area (Å²) in [6, 6.07) is 12.3. The number of benzene rings is 2. The molecule has 2 heterocycles. The summed E-state index contributed by atoms with van der Waals surface area (Å²) in [4.78, 5) is 31.8. The zero-order valence-electron chi connectivity index (χ0n) is 21.0. The Labute approximate surface area is 216 Å². The third-order valence-electron chi connectivity index (χ3n) is 8.01. The molecule has 196 valence electrons. The number of likely N-dealkylation sites (tertiary alicyclic amines) is 1. The topological polar surface area (TPSA) is 64.1 Å². The molecular formula is C29H33F2N3O3. The molecule has 8 heteroatoms. The molecule has 0 spiro atoms. The maximum absolute atomic E-state index is 14.7. The maximum Gasteiger partial charge on any atom is 0.407 e. The van der Waals surface area contributed by atoms with Crippen LogP contribution < -0.4 is 0 Å². The van der Waals surface area contributed by atoms with Gasteiger partial charge in [0.05, 0.1) is 12.0 Å². The third kappa shape index (κ3) is 5.54. The Balaban J connectivity index is 1.43. The summed E-state index contributed by atoms with van der Waals surface area (Å²) < 4.78 is 28.7. The molecule has 0 radical (unpaired) electrons. The van der Waals surface area contributed by atoms with Gasteiger partial charge in [0.15, 0.2) is 0 Å². The fourth-order valence-corrected chi connectivity index (χ4v) is 5.72. The van der Waals surface area contributed by atoms with Gasteiger partial charge in [0.1, 0.15) is 11.6 Å². The summed E-state index contributed by atoms with van der Waals surface area (Å²) >= 11 is 0. The van der Waals surface area contributed by atoms with Gasteiger partial charge in [-0.3, -0.25) is 4.79 Å². The molecule has 37 heavy (non-hydrogen) atoms. The second kappa shape index (κ2) is 10.6. The van der Waals surface area contributed by atoms with Crippen LogP contribution in [0.15, 0.2) is 54.6 Å². The fraction of sp³-hybridized carbons (Fsp3) is 0.448. The first-order chi connectivity index (χ1) is 17.8. The van der Waals surface area contributed by atoms with Crippen LogP contribution in [0.4, 0.5) is 13.6 Å². The number of nitrogens with zero attached hydrogens (tertiary/aromatic N) is 3. The molecule has 2 fully saturated rings. The summed E-state index contributed by atoms with van der Waals surface area (Å²) in [5.41, 5.74) is 1.58. The molecule has 1 saturated carbocycles. The monoisotopic (exact) mass is 509 g/mol. The van der Waals surface area contributed by atoms with Crippen LogP contribution in [0, 0.1) is 23.5 Å². The second-order valence-corrected chi connectivity index (χ2v) is 10.6. The molecular weight excluding hydrogens is 476 g/mol. The lowest BCUT2D eigenvalue weighted by Crippen LogP contribution is -2.50. The summed E-state index contributed by atoms with van der Waals surface area (Å²) in [6.07, 6.45) is 4.11. The highest BCUT2D eigenvalue weighted by Gasteiger charge is 2.44. The lowest BCUT2D eigenvalue weighted by atomic mass is 9.96. The zero-order chi connectivity index (χ0) is 26.1. The van der Waals surface area contributed by atoms with Crippen molar-refractivity contribution in [1.29, 1.82) is 0 Å². The molecule has 2 atom stereocenters. The van der Waals surface area contributed by atoms with E-state index in [9.17, 15) is 23.5 Å². The normalized spacial score (nSPS) is 21.5. The van der Waals surface area contributed by atoms with Gasteiger partial charge in [-0.1, -0.05) is 36.4 Å². The van der Waals surface area contributed by atoms with Gasteiger partial charge < -0.3 is 19.8 Å². The predicted octanol–water partition coefficient (Wildman–Crippen LogP) is 5.03. The van der Waals surface area contributed by atoms with E-state index in [2.05, 4.69) is 4.90 Å². The first-order valence-electron chi connectivity index (χ1n) is 13.0. The minimum atomic E-state index is -0.991. The molecule has 2 aliphatic heterocycles. The Hall–Kier alpha value is -3.26. The van der Waals surface area contributed by atoms with E-state index in [1.807, 2.05) is 43.5 Å². The Morgan fingerprint density at radius 2 is 1.76 bits per heavy atom. The SMILES string of the molecule is CN1CCC(N(CC(C(=O)N2CC(c3cc(F)ccc3F)=C[C@H]2c2ccccc2)C2CC2)C(=O)O)CC1. The van der Waals surface area contributed by atoms with Crippen molar-refractivity contribution in [3.63, 3.8) is 0 Å². The minimum absolute atomic E-state index is 0.110. The first kappa shape index (κ1) is 25.4. The zero-order valence-corrected chi connectivity index (χ0v) is 21.0. The number of carbonyl (C=O) groups excluding carboxylic acids is 1. The van der Waals surface area contributed by atoms with E-state index in [-0.39, 0.29) is 36.5 Å². The van der Waals surface area contributed by atoms with Crippen molar-refractivity contribution in [3.8, 4) is 0 Å². The third-order valence-corrected chi connectivity index (χ3v) is 8.01. The molecule has 1 aliphatic carbocycles. The summed E-state index contributed by atoms with van der Waals surface area (Å²) in [6.45, 7) is 1.95. The highest BCUT2D eigenvalue weighted by atomic mass is 19.1. The number of hydrogen-bond donors (Lipinski definition) is 1. The van der Waals surface area contributed by atoms with Gasteiger partial charge in [0.25, 0.3) is 0 Å². The summed E-state index contributed by atoms with van der Waals surface area (Å²) in [5.74, 6) is -1.53. The van der Waals surface area contributed by atoms with Gasteiger partial charge in [-0.2, -0.15) is 0 Å². The van der Waals surface area contributed by atoms with Gasteiger partial charge in [0, 0.05) is 24.7 Å². The van der Waals surface area contributed by atoms with Crippen molar-refractivity contribution >= 4 is 17.6 Å². The largest absolute Gasteiger partial charge is 0.465 e. The Morgan fingerprint density at radius 3 is 2.41 bits per heavy atom. The van der Waals surface area contributed by atoms with Crippen LogP contribution in [-0.2, 0) is 4.79 Å². The molecule has 1 N–H and O–H groups in total. The molecule has 0 bridgehead atoms. The number of amides is 2. The predicted molar refractivity (Wildman–Crippen MR) is 137 cm³/mol. The number of rotatable bonds is 7. The number of carboxylic acid groups (broad SMARTS) is 1. The highest BCUT2D eigenvalue weighted by Crippen LogP contribution is 2.42. The van der Waals surface area contributed by atoms with Gasteiger partial charge in [-0.15, -0.1) is 0 Å². The lowest BCUT2D eigenvalue weighted by Gasteiger charge is -2.38. The van der Waals surface area contributed by atoms with E-state index in [4.69, 9.17) is 0 Å². The van der Waals surface area contributed by atoms with Crippen LogP contribution in [0.3, 0.4) is 0 Å². The summed E-state index contributed by atoms with van der Waals surface area (Å²) in [7, 11) is 2.03. The molecule has 5 rings (SSSR count). The average molecular weight is 510 g/mol. The summed E-state index contributed by atoms with van der Waals surface area (Å²) in [5, 5.41) is 10.1. The molecule has 1 unspecified atom stereocenters. The first-order valence-corrected chi connectivity index (χ1v) is 13.0. The van der Waals surface area contributed by atoms with Gasteiger partial charge in [0.2, 0.25) is 5.91 Å². The van der Waals surface area contributed by atoms with Crippen LogP contribution in [0.5, 0.6) is 0 Å². The van der Waals surface area contributed by atoms with E-state index in [0.717, 1.165) is 56.5 Å². The van der Waals surface area contributed by atoms with E-state index < -0.39 is 29.7 Å². The molecule has 2 aromatic rings. The van der Waals surface area contributed by atoms with Gasteiger partial charge in [-0.25, -0.2) is 13.6 Å². The molecule has 0 aromatic heterocycles. The second-order valence-electron chi connectivity index (χ2n) is 10.6. The standard InChI is InChI=1S/C29H33F2N3O3/c1-32-13-11-23(12-14-32)33(29(36)37)18-25(19-7-8-19)28(35)34-17-21(24-16-22(30)9-10-26(24)31)15-27(34)20-5-3-2-4-6-20/h2-6,9-10,15-16,19,23,25,27H,7-8,11-14,17-18H2,1H3,(H,36,37)/t25?,27-/m0/s1. The molecule has 2 amide bonds. The fourth-order valence-electron chi connectivity index (χ4n) is 5.72. The van der Waals surface area contributed by atoms with Crippen molar-refractivity contribution < 1.29 is 23.5 Å². The van der Waals surface area contributed by atoms with Crippen LogP contribution >= 0.6 is 0 Å². The van der Waals surface area contributed by atoms with Crippen molar-refractivity contribution in [3.05, 3.63) is 77.4 Å². The minimum Gasteiger partial charge on any atom is -0.465 e. The van der Waals surface area contributed by atoms with E-state index in [1.54, 1.807) is 4.90 Å². The van der Waals surface area contributed by atoms with Crippen molar-refractivity contribution in [1.82, 2.24) is 14.7 Å². The van der Waals surface area contributed by atoms with Crippen molar-refractivity contribution in [2.45, 2.75) is 37.8 Å². The van der Waals surface area contributed by atoms with E-state index in [0.29, 0.717) is 5.57 Å². The number of piperidine rings is 1. The number of carbonyl (C=O) groups is 2. The molecule has 1 saturated heterocycles. The molecule has 6 nitrogen and oxygen atoms in total. The highest BCUT2D eigenvalue weighted by molar-refractivity contribution is 5.86. The Bertz CT molecular complexity index is 1180. The maximum atomic E-state index is 14.7. The quantitative estimate of drug-likeness (QED) is 0.569. The van der Waals surface area contributed by atoms with Crippen LogP contribution in [0.1, 0.15) is 42.9 Å².